The molecule has 1 aliphatic heterocycles. The molecular formula is C52H37N3. The van der Waals surface area contributed by atoms with Crippen LogP contribution >= 0.6 is 0 Å². The van der Waals surface area contributed by atoms with Gasteiger partial charge in [0.25, 0.3) is 0 Å². The molecule has 0 amide bonds. The summed E-state index contributed by atoms with van der Waals surface area (Å²) >= 11 is 0. The maximum atomic E-state index is 5.68. The minimum Gasteiger partial charge on any atom is -0.309 e. The second kappa shape index (κ2) is 12.6. The molecule has 0 unspecified atom stereocenters. The van der Waals surface area contributed by atoms with E-state index < -0.39 is 0 Å². The van der Waals surface area contributed by atoms with Crippen molar-refractivity contribution in [2.45, 2.75) is 19.8 Å². The van der Waals surface area contributed by atoms with Crippen LogP contribution in [0.2, 0.25) is 0 Å². The Kier molecular flexibility index (Phi) is 7.21. The predicted octanol–water partition coefficient (Wildman–Crippen LogP) is 13.7. The van der Waals surface area contributed by atoms with Crippen molar-refractivity contribution in [3.05, 3.63) is 199 Å². The summed E-state index contributed by atoms with van der Waals surface area (Å²) < 4.78 is 4.93. The minimum absolute atomic E-state index is 0.860. The summed E-state index contributed by atoms with van der Waals surface area (Å²) in [6, 6.07) is 66.3. The number of fused-ring (bicyclic) bond motifs is 9. The quantitative estimate of drug-likeness (QED) is 0.174. The lowest BCUT2D eigenvalue weighted by Gasteiger charge is -2.18. The smallest absolute Gasteiger partial charge is 0.146 e. The van der Waals surface area contributed by atoms with Gasteiger partial charge in [-0.3, -0.25) is 4.57 Å². The first-order chi connectivity index (χ1) is 27.2. The number of hydrogen-bond donors (Lipinski definition) is 0. The summed E-state index contributed by atoms with van der Waals surface area (Å²) in [5, 5.41) is 7.39. The van der Waals surface area contributed by atoms with Gasteiger partial charge in [0.05, 0.1) is 27.8 Å². The fraction of sp³-hybridized carbons (Fsp3) is 0.0577. The van der Waals surface area contributed by atoms with E-state index in [1.807, 2.05) is 0 Å². The number of rotatable bonds is 4. The van der Waals surface area contributed by atoms with Gasteiger partial charge in [-0.2, -0.15) is 0 Å². The first-order valence-corrected chi connectivity index (χ1v) is 19.2. The average molecular weight is 704 g/mol. The first-order valence-electron chi connectivity index (χ1n) is 19.2. The number of aromatic nitrogens is 2. The molecule has 10 aromatic rings. The van der Waals surface area contributed by atoms with Crippen molar-refractivity contribution in [1.29, 1.82) is 0 Å². The van der Waals surface area contributed by atoms with Crippen LogP contribution in [0.5, 0.6) is 0 Å². The van der Waals surface area contributed by atoms with E-state index in [9.17, 15) is 0 Å². The van der Waals surface area contributed by atoms with Gasteiger partial charge in [-0.15, -0.1) is 0 Å². The van der Waals surface area contributed by atoms with E-state index in [0.29, 0.717) is 0 Å². The van der Waals surface area contributed by atoms with Gasteiger partial charge in [-0.1, -0.05) is 152 Å². The number of benzene rings is 8. The van der Waals surface area contributed by atoms with Gasteiger partial charge in [-0.05, 0) is 82.9 Å². The van der Waals surface area contributed by atoms with Crippen LogP contribution in [0.3, 0.4) is 0 Å². The van der Waals surface area contributed by atoms with Gasteiger partial charge in [-0.25, -0.2) is 4.99 Å². The van der Waals surface area contributed by atoms with Crippen molar-refractivity contribution in [3.8, 4) is 16.8 Å². The van der Waals surface area contributed by atoms with E-state index in [1.165, 1.54) is 76.8 Å². The van der Waals surface area contributed by atoms with Gasteiger partial charge in [0.15, 0.2) is 0 Å². The predicted molar refractivity (Wildman–Crippen MR) is 233 cm³/mol. The molecule has 3 heteroatoms. The lowest BCUT2D eigenvalue weighted by Crippen LogP contribution is -2.15. The monoisotopic (exact) mass is 703 g/mol. The summed E-state index contributed by atoms with van der Waals surface area (Å²) in [5.41, 5.74) is 14.3. The van der Waals surface area contributed by atoms with Crippen LogP contribution in [0.25, 0.3) is 76.8 Å². The molecule has 0 bridgehead atoms. The molecule has 1 aliphatic rings. The Morgan fingerprint density at radius 3 is 1.93 bits per heavy atom. The van der Waals surface area contributed by atoms with Gasteiger partial charge in [0, 0.05) is 38.2 Å². The van der Waals surface area contributed by atoms with Gasteiger partial charge < -0.3 is 4.57 Å². The highest BCUT2D eigenvalue weighted by atomic mass is 15.1. The van der Waals surface area contributed by atoms with E-state index in [4.69, 9.17) is 4.99 Å². The fourth-order valence-corrected chi connectivity index (χ4v) is 8.99. The van der Waals surface area contributed by atoms with Crippen LogP contribution in [-0.4, -0.2) is 15.0 Å². The Morgan fingerprint density at radius 2 is 1.13 bits per heavy atom. The van der Waals surface area contributed by atoms with Crippen LogP contribution in [-0.2, 0) is 6.42 Å². The van der Waals surface area contributed by atoms with Crippen molar-refractivity contribution < 1.29 is 0 Å². The van der Waals surface area contributed by atoms with Crippen molar-refractivity contribution >= 4 is 71.5 Å². The van der Waals surface area contributed by atoms with Gasteiger partial charge in [0.1, 0.15) is 5.84 Å². The highest BCUT2D eigenvalue weighted by Crippen LogP contribution is 2.43. The largest absolute Gasteiger partial charge is 0.309 e. The van der Waals surface area contributed by atoms with Crippen LogP contribution in [0, 0.1) is 0 Å². The van der Waals surface area contributed by atoms with E-state index in [-0.39, 0.29) is 0 Å². The summed E-state index contributed by atoms with van der Waals surface area (Å²) in [7, 11) is 0. The van der Waals surface area contributed by atoms with Crippen LogP contribution in [0.4, 0.5) is 5.69 Å². The second-order valence-corrected chi connectivity index (χ2v) is 14.6. The molecule has 3 heterocycles. The molecule has 0 spiro atoms. The van der Waals surface area contributed by atoms with E-state index in [0.717, 1.165) is 41.1 Å². The highest BCUT2D eigenvalue weighted by Gasteiger charge is 2.27. The molecule has 8 aromatic carbocycles. The Morgan fingerprint density at radius 1 is 0.473 bits per heavy atom. The number of hydrogen-bond acceptors (Lipinski definition) is 1. The summed E-state index contributed by atoms with van der Waals surface area (Å²) in [6.45, 7) is 2.29. The molecule has 2 aromatic heterocycles. The molecule has 0 N–H and O–H groups in total. The number of nitrogens with zero attached hydrogens (tertiary/aromatic N) is 3. The molecule has 0 saturated heterocycles. The summed E-state index contributed by atoms with van der Waals surface area (Å²) in [6.07, 6.45) is 1.78. The van der Waals surface area contributed by atoms with Crippen molar-refractivity contribution in [3.63, 3.8) is 0 Å². The molecule has 0 fully saturated rings. The molecule has 0 saturated carbocycles. The highest BCUT2D eigenvalue weighted by molar-refractivity contribution is 6.32. The third-order valence-electron chi connectivity index (χ3n) is 11.6. The molecule has 11 rings (SSSR count). The lowest BCUT2D eigenvalue weighted by molar-refractivity contribution is 1.01. The maximum absolute atomic E-state index is 5.68. The molecular weight excluding hydrogens is 667 g/mol. The minimum atomic E-state index is 0.860. The van der Waals surface area contributed by atoms with Crippen molar-refractivity contribution in [2.75, 3.05) is 0 Å². The van der Waals surface area contributed by atoms with Crippen molar-refractivity contribution in [1.82, 2.24) is 9.13 Å². The zero-order valence-electron chi connectivity index (χ0n) is 30.6. The number of allylic oxidation sites excluding steroid dienone is 2. The van der Waals surface area contributed by atoms with Gasteiger partial charge in [0.2, 0.25) is 0 Å². The standard InChI is InChI=1S/C52H37N3/c1-2-34-30-39-21-13-15-25-46(39)53-52(50(34)37-19-8-4-9-20-37)55-47-29-27-38(35-16-6-3-7-17-35)31-43(47)45-32-44-42-28-26-36-18-12-14-24-41(36)51(42)54(48(44)33-49(45)55)40-22-10-5-11-23-40/h3-29,31-33H,2,30H2,1H3. The zero-order valence-corrected chi connectivity index (χ0v) is 30.6. The molecule has 55 heavy (non-hydrogen) atoms. The fourth-order valence-electron chi connectivity index (χ4n) is 8.99. The maximum Gasteiger partial charge on any atom is 0.146 e. The van der Waals surface area contributed by atoms with Gasteiger partial charge >= 0.3 is 0 Å². The van der Waals surface area contributed by atoms with Crippen LogP contribution in [0.1, 0.15) is 24.5 Å². The number of aliphatic imine (C=N–C) groups is 1. The molecule has 0 atom stereocenters. The molecule has 260 valence electrons. The van der Waals surface area contributed by atoms with E-state index >= 15 is 0 Å². The first kappa shape index (κ1) is 31.5. The van der Waals surface area contributed by atoms with Crippen LogP contribution < -0.4 is 0 Å². The Hall–Kier alpha value is -6.97. The molecule has 0 radical (unpaired) electrons. The molecule has 0 aliphatic carbocycles. The number of para-hydroxylation sites is 2. The topological polar surface area (TPSA) is 22.2 Å². The second-order valence-electron chi connectivity index (χ2n) is 14.6. The molecule has 3 nitrogen and oxygen atoms in total. The lowest BCUT2D eigenvalue weighted by atomic mass is 9.93. The Labute approximate surface area is 319 Å². The van der Waals surface area contributed by atoms with E-state index in [2.05, 4.69) is 198 Å². The summed E-state index contributed by atoms with van der Waals surface area (Å²) in [4.78, 5) is 5.68. The zero-order chi connectivity index (χ0) is 36.5. The Bertz CT molecular complexity index is 3180. The van der Waals surface area contributed by atoms with E-state index in [1.54, 1.807) is 0 Å². The SMILES string of the molecule is CCC1=C(c2ccccc2)C(n2c3ccc(-c4ccccc4)cc3c3cc4c5ccc6ccccc6c5n(-c5ccccc5)c4cc32)=Nc2ccccc2C1. The van der Waals surface area contributed by atoms with Crippen LogP contribution in [0.15, 0.2) is 193 Å². The van der Waals surface area contributed by atoms with Crippen molar-refractivity contribution in [2.24, 2.45) is 4.99 Å². The average Bonchev–Trinajstić information content (AvgIpc) is 3.68. The Balaban J connectivity index is 1.33. The third kappa shape index (κ3) is 4.93. The third-order valence-corrected chi connectivity index (χ3v) is 11.6. The summed E-state index contributed by atoms with van der Waals surface area (Å²) in [5.74, 6) is 0.965. The normalized spacial score (nSPS) is 13.2.